The number of hydrogen-bond acceptors (Lipinski definition) is 4. The molecule has 1 aliphatic rings. The normalized spacial score (nSPS) is 22.0. The maximum atomic E-state index is 12.0. The van der Waals surface area contributed by atoms with Gasteiger partial charge in [0.1, 0.15) is 6.04 Å². The lowest BCUT2D eigenvalue weighted by atomic mass is 10.2. The summed E-state index contributed by atoms with van der Waals surface area (Å²) in [5, 5.41) is 0. The van der Waals surface area contributed by atoms with Crippen LogP contribution in [0.25, 0.3) is 0 Å². The Balaban J connectivity index is 2.78. The molecule has 0 amide bonds. The third kappa shape index (κ3) is 3.65. The summed E-state index contributed by atoms with van der Waals surface area (Å²) in [5.74, 6) is -0.459. The molecule has 0 aromatic heterocycles. The summed E-state index contributed by atoms with van der Waals surface area (Å²) >= 11 is 0. The first-order valence-electron chi connectivity index (χ1n) is 5.84. The van der Waals surface area contributed by atoms with E-state index in [1.165, 1.54) is 4.31 Å². The number of nitrogens with zero attached hydrogens (tertiary/aromatic N) is 1. The molecule has 1 fully saturated rings. The smallest absolute Gasteiger partial charge is 0.324 e. The van der Waals surface area contributed by atoms with Crippen molar-refractivity contribution in [2.45, 2.75) is 45.7 Å². The highest BCUT2D eigenvalue weighted by molar-refractivity contribution is 7.87. The monoisotopic (exact) mass is 264 g/mol. The van der Waals surface area contributed by atoms with Crippen molar-refractivity contribution in [2.75, 3.05) is 13.2 Å². The predicted octanol–water partition coefficient (Wildman–Crippen LogP) is 0.257. The molecule has 1 rings (SSSR count). The highest BCUT2D eigenvalue weighted by atomic mass is 32.2. The molecule has 1 atom stereocenters. The molecule has 6 nitrogen and oxygen atoms in total. The molecule has 0 saturated carbocycles. The summed E-state index contributed by atoms with van der Waals surface area (Å²) in [4.78, 5) is 11.6. The van der Waals surface area contributed by atoms with Crippen LogP contribution in [-0.2, 0) is 19.7 Å². The van der Waals surface area contributed by atoms with Crippen molar-refractivity contribution in [3.63, 3.8) is 0 Å². The highest BCUT2D eigenvalue weighted by Gasteiger charge is 2.39. The van der Waals surface area contributed by atoms with Gasteiger partial charge in [-0.1, -0.05) is 0 Å². The summed E-state index contributed by atoms with van der Waals surface area (Å²) in [5.41, 5.74) is 0. The first kappa shape index (κ1) is 14.4. The van der Waals surface area contributed by atoms with Crippen LogP contribution in [-0.4, -0.2) is 43.9 Å². The van der Waals surface area contributed by atoms with Crippen LogP contribution >= 0.6 is 0 Å². The van der Waals surface area contributed by atoms with Gasteiger partial charge >= 0.3 is 5.97 Å². The summed E-state index contributed by atoms with van der Waals surface area (Å²) in [6, 6.07) is -0.866. The zero-order chi connectivity index (χ0) is 13.1. The van der Waals surface area contributed by atoms with Crippen LogP contribution in [0.2, 0.25) is 0 Å². The van der Waals surface area contributed by atoms with E-state index in [2.05, 4.69) is 4.72 Å². The van der Waals surface area contributed by atoms with E-state index in [9.17, 15) is 13.2 Å². The SMILES string of the molecule is CCOC(=O)C1CCCN1S(=O)(=O)NC(C)C. The van der Waals surface area contributed by atoms with Gasteiger partial charge in [0.05, 0.1) is 6.61 Å². The van der Waals surface area contributed by atoms with Gasteiger partial charge in [-0.25, -0.2) is 0 Å². The van der Waals surface area contributed by atoms with Crippen LogP contribution in [0.3, 0.4) is 0 Å². The molecule has 1 heterocycles. The minimum Gasteiger partial charge on any atom is -0.465 e. The van der Waals surface area contributed by atoms with E-state index in [0.717, 1.165) is 0 Å². The number of carbonyl (C=O) groups is 1. The van der Waals surface area contributed by atoms with Gasteiger partial charge in [-0.3, -0.25) is 4.79 Å². The van der Waals surface area contributed by atoms with Crippen molar-refractivity contribution in [3.05, 3.63) is 0 Å². The summed E-state index contributed by atoms with van der Waals surface area (Å²) < 4.78 is 32.5. The Morgan fingerprint density at radius 1 is 1.53 bits per heavy atom. The molecule has 0 aliphatic carbocycles. The lowest BCUT2D eigenvalue weighted by molar-refractivity contribution is -0.146. The Bertz CT molecular complexity index is 367. The number of esters is 1. The number of nitrogens with one attached hydrogen (secondary N) is 1. The van der Waals surface area contributed by atoms with E-state index in [0.29, 0.717) is 19.4 Å². The van der Waals surface area contributed by atoms with E-state index in [-0.39, 0.29) is 12.6 Å². The Morgan fingerprint density at radius 3 is 2.71 bits per heavy atom. The molecule has 0 radical (unpaired) electrons. The van der Waals surface area contributed by atoms with E-state index < -0.39 is 22.2 Å². The maximum Gasteiger partial charge on any atom is 0.324 e. The first-order chi connectivity index (χ1) is 7.88. The fourth-order valence-corrected chi connectivity index (χ4v) is 3.49. The zero-order valence-electron chi connectivity index (χ0n) is 10.5. The third-order valence-electron chi connectivity index (χ3n) is 2.46. The number of rotatable bonds is 5. The van der Waals surface area contributed by atoms with Gasteiger partial charge in [0.15, 0.2) is 0 Å². The van der Waals surface area contributed by atoms with E-state index >= 15 is 0 Å². The molecule has 0 aromatic carbocycles. The molecule has 1 saturated heterocycles. The molecule has 0 spiro atoms. The Labute approximate surface area is 102 Å². The van der Waals surface area contributed by atoms with Crippen LogP contribution in [0.1, 0.15) is 33.6 Å². The van der Waals surface area contributed by atoms with Gasteiger partial charge in [0.25, 0.3) is 10.2 Å². The molecule has 0 bridgehead atoms. The van der Waals surface area contributed by atoms with Crippen LogP contribution in [0.5, 0.6) is 0 Å². The van der Waals surface area contributed by atoms with Crippen molar-refractivity contribution in [2.24, 2.45) is 0 Å². The largest absolute Gasteiger partial charge is 0.465 e. The molecule has 0 aromatic rings. The minimum absolute atomic E-state index is 0.191. The number of carbonyl (C=O) groups excluding carboxylic acids is 1. The molecule has 100 valence electrons. The van der Waals surface area contributed by atoms with Crippen LogP contribution < -0.4 is 4.72 Å². The van der Waals surface area contributed by atoms with Gasteiger partial charge in [-0.05, 0) is 33.6 Å². The molecule has 1 aliphatic heterocycles. The van der Waals surface area contributed by atoms with E-state index in [4.69, 9.17) is 4.74 Å². The van der Waals surface area contributed by atoms with Crippen LogP contribution in [0.15, 0.2) is 0 Å². The van der Waals surface area contributed by atoms with Crippen LogP contribution in [0.4, 0.5) is 0 Å². The molecule has 17 heavy (non-hydrogen) atoms. The second kappa shape index (κ2) is 5.79. The summed E-state index contributed by atoms with van der Waals surface area (Å²) in [7, 11) is -3.59. The second-order valence-corrected chi connectivity index (χ2v) is 5.95. The minimum atomic E-state index is -3.59. The quantitative estimate of drug-likeness (QED) is 0.723. The van der Waals surface area contributed by atoms with Crippen molar-refractivity contribution in [1.29, 1.82) is 0 Å². The standard InChI is InChI=1S/C10H20N2O4S/c1-4-16-10(13)9-6-5-7-12(9)17(14,15)11-8(2)3/h8-9,11H,4-7H2,1-3H3. The van der Waals surface area contributed by atoms with Gasteiger partial charge < -0.3 is 4.74 Å². The molecule has 7 heteroatoms. The van der Waals surface area contributed by atoms with E-state index in [1.54, 1.807) is 20.8 Å². The number of ether oxygens (including phenoxy) is 1. The fourth-order valence-electron chi connectivity index (χ4n) is 1.87. The lowest BCUT2D eigenvalue weighted by Gasteiger charge is -2.23. The first-order valence-corrected chi connectivity index (χ1v) is 7.28. The zero-order valence-corrected chi connectivity index (χ0v) is 11.3. The predicted molar refractivity (Wildman–Crippen MR) is 63.6 cm³/mol. The summed E-state index contributed by atoms with van der Waals surface area (Å²) in [6.45, 7) is 5.82. The molecular weight excluding hydrogens is 244 g/mol. The van der Waals surface area contributed by atoms with Gasteiger partial charge in [-0.2, -0.15) is 17.4 Å². The Hall–Kier alpha value is -0.660. The second-order valence-electron chi connectivity index (χ2n) is 4.30. The molecule has 1 N–H and O–H groups in total. The maximum absolute atomic E-state index is 12.0. The Kier molecular flexibility index (Phi) is 4.91. The fraction of sp³-hybridized carbons (Fsp3) is 0.900. The van der Waals surface area contributed by atoms with Crippen LogP contribution in [0, 0.1) is 0 Å². The molecule has 1 unspecified atom stereocenters. The molecular formula is C10H20N2O4S. The summed E-state index contributed by atoms with van der Waals surface area (Å²) in [6.07, 6.45) is 1.21. The van der Waals surface area contributed by atoms with Crippen molar-refractivity contribution in [1.82, 2.24) is 9.03 Å². The highest BCUT2D eigenvalue weighted by Crippen LogP contribution is 2.21. The van der Waals surface area contributed by atoms with Gasteiger partial charge in [0.2, 0.25) is 0 Å². The Morgan fingerprint density at radius 2 is 2.18 bits per heavy atom. The topological polar surface area (TPSA) is 75.7 Å². The van der Waals surface area contributed by atoms with Crippen molar-refractivity contribution >= 4 is 16.2 Å². The van der Waals surface area contributed by atoms with Gasteiger partial charge in [0, 0.05) is 12.6 Å². The van der Waals surface area contributed by atoms with Crippen molar-refractivity contribution < 1.29 is 17.9 Å². The number of hydrogen-bond donors (Lipinski definition) is 1. The average Bonchev–Trinajstić information content (AvgIpc) is 2.64. The van der Waals surface area contributed by atoms with Crippen molar-refractivity contribution in [3.8, 4) is 0 Å². The lowest BCUT2D eigenvalue weighted by Crippen LogP contribution is -2.48. The third-order valence-corrected chi connectivity index (χ3v) is 4.28. The average molecular weight is 264 g/mol. The van der Waals surface area contributed by atoms with Gasteiger partial charge in [-0.15, -0.1) is 0 Å². The van der Waals surface area contributed by atoms with E-state index in [1.807, 2.05) is 0 Å².